The molecular weight excluding hydrogens is 365 g/mol. The van der Waals surface area contributed by atoms with Crippen molar-refractivity contribution in [2.24, 2.45) is 0 Å². The van der Waals surface area contributed by atoms with Crippen molar-refractivity contribution in [3.63, 3.8) is 0 Å². The van der Waals surface area contributed by atoms with E-state index < -0.39 is 23.9 Å². The summed E-state index contributed by atoms with van der Waals surface area (Å²) in [5.74, 6) is -1.27. The Bertz CT molecular complexity index is 918. The molecule has 3 amide bonds. The zero-order valence-electron chi connectivity index (χ0n) is 15.5. The van der Waals surface area contributed by atoms with E-state index in [-0.39, 0.29) is 22.8 Å². The van der Waals surface area contributed by atoms with Gasteiger partial charge in [0.15, 0.2) is 0 Å². The summed E-state index contributed by atoms with van der Waals surface area (Å²) in [6, 6.07) is 11.8. The predicted octanol–water partition coefficient (Wildman–Crippen LogP) is 2.88. The van der Waals surface area contributed by atoms with E-state index in [1.54, 1.807) is 36.4 Å². The molecule has 2 aromatic carbocycles. The first-order valence-electron chi connectivity index (χ1n) is 8.71. The van der Waals surface area contributed by atoms with E-state index in [0.29, 0.717) is 13.0 Å². The SMILES string of the molecule is COC(=O)Nc1ccccc1C(=O)N(C)C1CCN(c2ccccc2F)C1=O. The van der Waals surface area contributed by atoms with E-state index in [4.69, 9.17) is 0 Å². The smallest absolute Gasteiger partial charge is 0.411 e. The Balaban J connectivity index is 1.81. The van der Waals surface area contributed by atoms with Crippen molar-refractivity contribution in [3.05, 3.63) is 59.9 Å². The van der Waals surface area contributed by atoms with E-state index in [2.05, 4.69) is 10.1 Å². The number of likely N-dealkylation sites (N-methyl/N-ethyl adjacent to an activating group) is 1. The van der Waals surface area contributed by atoms with Gasteiger partial charge in [-0.2, -0.15) is 0 Å². The Hall–Kier alpha value is -3.42. The minimum Gasteiger partial charge on any atom is -0.453 e. The molecule has 0 bridgehead atoms. The first-order chi connectivity index (χ1) is 13.4. The van der Waals surface area contributed by atoms with E-state index in [0.717, 1.165) is 0 Å². The summed E-state index contributed by atoms with van der Waals surface area (Å²) in [5, 5.41) is 2.49. The third kappa shape index (κ3) is 3.66. The Morgan fingerprint density at radius 1 is 1.18 bits per heavy atom. The monoisotopic (exact) mass is 385 g/mol. The summed E-state index contributed by atoms with van der Waals surface area (Å²) < 4.78 is 18.6. The molecule has 2 aromatic rings. The van der Waals surface area contributed by atoms with Crippen LogP contribution in [0.4, 0.5) is 20.6 Å². The van der Waals surface area contributed by atoms with Gasteiger partial charge in [0, 0.05) is 13.6 Å². The van der Waals surface area contributed by atoms with Crippen molar-refractivity contribution >= 4 is 29.3 Å². The summed E-state index contributed by atoms with van der Waals surface area (Å²) in [4.78, 5) is 40.0. The molecule has 7 nitrogen and oxygen atoms in total. The quantitative estimate of drug-likeness (QED) is 0.878. The van der Waals surface area contributed by atoms with Gasteiger partial charge in [0.2, 0.25) is 5.91 Å². The van der Waals surface area contributed by atoms with Gasteiger partial charge in [-0.25, -0.2) is 9.18 Å². The summed E-state index contributed by atoms with van der Waals surface area (Å²) in [5.41, 5.74) is 0.707. The number of carbonyl (C=O) groups is 3. The lowest BCUT2D eigenvalue weighted by atomic mass is 10.1. The molecule has 28 heavy (non-hydrogen) atoms. The number of hydrogen-bond acceptors (Lipinski definition) is 4. The van der Waals surface area contributed by atoms with Crippen LogP contribution < -0.4 is 10.2 Å². The first-order valence-corrected chi connectivity index (χ1v) is 8.71. The van der Waals surface area contributed by atoms with Gasteiger partial charge in [0.05, 0.1) is 24.0 Å². The van der Waals surface area contributed by atoms with Crippen molar-refractivity contribution in [3.8, 4) is 0 Å². The number of rotatable bonds is 4. The number of para-hydroxylation sites is 2. The van der Waals surface area contributed by atoms with Crippen LogP contribution in [0, 0.1) is 5.82 Å². The average Bonchev–Trinajstić information content (AvgIpc) is 3.08. The zero-order valence-corrected chi connectivity index (χ0v) is 15.5. The number of benzene rings is 2. The molecule has 1 N–H and O–H groups in total. The maximum absolute atomic E-state index is 14.0. The van der Waals surface area contributed by atoms with Gasteiger partial charge in [0.25, 0.3) is 5.91 Å². The predicted molar refractivity (Wildman–Crippen MR) is 102 cm³/mol. The normalized spacial score (nSPS) is 16.0. The van der Waals surface area contributed by atoms with Crippen molar-refractivity contribution in [2.45, 2.75) is 12.5 Å². The van der Waals surface area contributed by atoms with Gasteiger partial charge >= 0.3 is 6.09 Å². The highest BCUT2D eigenvalue weighted by molar-refractivity contribution is 6.06. The van der Waals surface area contributed by atoms with Gasteiger partial charge in [-0.1, -0.05) is 24.3 Å². The molecule has 1 atom stereocenters. The lowest BCUT2D eigenvalue weighted by Gasteiger charge is -2.25. The number of nitrogens with one attached hydrogen (secondary N) is 1. The van der Waals surface area contributed by atoms with Gasteiger partial charge in [-0.05, 0) is 30.7 Å². The average molecular weight is 385 g/mol. The highest BCUT2D eigenvalue weighted by Gasteiger charge is 2.38. The minimum absolute atomic E-state index is 0.198. The molecule has 1 aliphatic rings. The van der Waals surface area contributed by atoms with Crippen molar-refractivity contribution in [2.75, 3.05) is 30.9 Å². The van der Waals surface area contributed by atoms with E-state index in [9.17, 15) is 18.8 Å². The summed E-state index contributed by atoms with van der Waals surface area (Å²) in [6.45, 7) is 0.310. The van der Waals surface area contributed by atoms with Gasteiger partial charge in [-0.3, -0.25) is 14.9 Å². The molecule has 1 heterocycles. The highest BCUT2D eigenvalue weighted by Crippen LogP contribution is 2.27. The van der Waals surface area contributed by atoms with Crippen LogP contribution in [-0.2, 0) is 9.53 Å². The van der Waals surface area contributed by atoms with E-state index in [1.807, 2.05) is 0 Å². The first kappa shape index (κ1) is 19.3. The third-order valence-electron chi connectivity index (χ3n) is 4.69. The van der Waals surface area contributed by atoms with Crippen LogP contribution in [-0.4, -0.2) is 49.6 Å². The fraction of sp³-hybridized carbons (Fsp3) is 0.250. The minimum atomic E-state index is -0.724. The van der Waals surface area contributed by atoms with Crippen LogP contribution in [0.15, 0.2) is 48.5 Å². The lowest BCUT2D eigenvalue weighted by Crippen LogP contribution is -2.43. The molecule has 0 radical (unpaired) electrons. The van der Waals surface area contributed by atoms with Crippen LogP contribution in [0.1, 0.15) is 16.8 Å². The molecule has 8 heteroatoms. The largest absolute Gasteiger partial charge is 0.453 e. The summed E-state index contributed by atoms with van der Waals surface area (Å²) >= 11 is 0. The maximum Gasteiger partial charge on any atom is 0.411 e. The zero-order chi connectivity index (χ0) is 20.3. The second-order valence-corrected chi connectivity index (χ2v) is 6.32. The number of ether oxygens (including phenoxy) is 1. The Morgan fingerprint density at radius 3 is 2.57 bits per heavy atom. The summed E-state index contributed by atoms with van der Waals surface area (Å²) in [7, 11) is 2.74. The lowest BCUT2D eigenvalue weighted by molar-refractivity contribution is -0.120. The second kappa shape index (κ2) is 8.08. The van der Waals surface area contributed by atoms with Crippen molar-refractivity contribution < 1.29 is 23.5 Å². The highest BCUT2D eigenvalue weighted by atomic mass is 19.1. The Labute approximate surface area is 161 Å². The number of nitrogens with zero attached hydrogens (tertiary/aromatic N) is 2. The number of halogens is 1. The molecule has 1 saturated heterocycles. The van der Waals surface area contributed by atoms with Gasteiger partial charge in [0.1, 0.15) is 11.9 Å². The molecular formula is C20H20FN3O4. The molecule has 3 rings (SSSR count). The number of methoxy groups -OCH3 is 1. The fourth-order valence-corrected chi connectivity index (χ4v) is 3.21. The molecule has 1 aliphatic heterocycles. The van der Waals surface area contributed by atoms with Crippen LogP contribution >= 0.6 is 0 Å². The molecule has 0 saturated carbocycles. The van der Waals surface area contributed by atoms with Crippen LogP contribution in [0.5, 0.6) is 0 Å². The Kier molecular flexibility index (Phi) is 5.58. The number of hydrogen-bond donors (Lipinski definition) is 1. The van der Waals surface area contributed by atoms with Crippen LogP contribution in [0.25, 0.3) is 0 Å². The standard InChI is InChI=1S/C20H20FN3O4/c1-23(18(25)13-7-3-5-9-15(13)22-20(27)28-2)17-11-12-24(19(17)26)16-10-6-4-8-14(16)21/h3-10,17H,11-12H2,1-2H3,(H,22,27). The third-order valence-corrected chi connectivity index (χ3v) is 4.69. The van der Waals surface area contributed by atoms with E-state index >= 15 is 0 Å². The topological polar surface area (TPSA) is 79.0 Å². The number of anilines is 2. The van der Waals surface area contributed by atoms with Crippen LogP contribution in [0.2, 0.25) is 0 Å². The number of amides is 3. The second-order valence-electron chi connectivity index (χ2n) is 6.32. The maximum atomic E-state index is 14.0. The summed E-state index contributed by atoms with van der Waals surface area (Å²) in [6.07, 6.45) is -0.326. The van der Waals surface area contributed by atoms with E-state index in [1.165, 1.54) is 36.1 Å². The Morgan fingerprint density at radius 2 is 1.86 bits per heavy atom. The molecule has 0 spiro atoms. The molecule has 0 aromatic heterocycles. The molecule has 0 aliphatic carbocycles. The molecule has 1 unspecified atom stereocenters. The number of carbonyl (C=O) groups excluding carboxylic acids is 3. The molecule has 1 fully saturated rings. The van der Waals surface area contributed by atoms with Crippen molar-refractivity contribution in [1.29, 1.82) is 0 Å². The molecule has 146 valence electrons. The van der Waals surface area contributed by atoms with Crippen LogP contribution in [0.3, 0.4) is 0 Å². The fourth-order valence-electron chi connectivity index (χ4n) is 3.21. The van der Waals surface area contributed by atoms with Gasteiger partial charge in [-0.15, -0.1) is 0 Å². The van der Waals surface area contributed by atoms with Gasteiger partial charge < -0.3 is 14.5 Å². The van der Waals surface area contributed by atoms with Crippen molar-refractivity contribution in [1.82, 2.24) is 4.90 Å².